The van der Waals surface area contributed by atoms with Crippen molar-refractivity contribution in [3.63, 3.8) is 0 Å². The van der Waals surface area contributed by atoms with Gasteiger partial charge < -0.3 is 10.2 Å². The molecule has 0 spiro atoms. The molecule has 0 aromatic carbocycles. The maximum Gasteiger partial charge on any atom is 0.00132 e. The van der Waals surface area contributed by atoms with Gasteiger partial charge in [-0.3, -0.25) is 0 Å². The highest BCUT2D eigenvalue weighted by molar-refractivity contribution is 4.79. The fourth-order valence-corrected chi connectivity index (χ4v) is 2.92. The van der Waals surface area contributed by atoms with Gasteiger partial charge in [-0.15, -0.1) is 0 Å². The summed E-state index contributed by atoms with van der Waals surface area (Å²) in [5.74, 6) is 2.78. The highest BCUT2D eigenvalue weighted by atomic mass is 15.1. The van der Waals surface area contributed by atoms with Crippen LogP contribution in [0.4, 0.5) is 0 Å². The smallest absolute Gasteiger partial charge is 0.00132 e. The van der Waals surface area contributed by atoms with E-state index in [1.807, 2.05) is 0 Å². The van der Waals surface area contributed by atoms with Crippen molar-refractivity contribution in [3.8, 4) is 0 Å². The van der Waals surface area contributed by atoms with Crippen LogP contribution >= 0.6 is 0 Å². The predicted octanol–water partition coefficient (Wildman–Crippen LogP) is 1.96. The maximum absolute atomic E-state index is 3.49. The zero-order valence-corrected chi connectivity index (χ0v) is 10.3. The Bertz CT molecular complexity index is 185. The summed E-state index contributed by atoms with van der Waals surface area (Å²) in [4.78, 5) is 2.70. The Morgan fingerprint density at radius 2 is 1.87 bits per heavy atom. The Hall–Kier alpha value is -0.0800. The number of nitrogens with one attached hydrogen (secondary N) is 1. The standard InChI is InChI=1S/C13H26N2/c1-11-4-7-15(8-5-11)10-13-3-6-14-9-12(13)2/h11-14H,3-10H2,1-2H3/t12-,13-/m1/s1. The molecule has 0 bridgehead atoms. The molecule has 2 aliphatic rings. The average molecular weight is 210 g/mol. The number of rotatable bonds is 2. The van der Waals surface area contributed by atoms with Crippen LogP contribution in [0.3, 0.4) is 0 Å². The van der Waals surface area contributed by atoms with Gasteiger partial charge in [0.1, 0.15) is 0 Å². The minimum atomic E-state index is 0.873. The van der Waals surface area contributed by atoms with Crippen LogP contribution in [0.1, 0.15) is 33.1 Å². The highest BCUT2D eigenvalue weighted by Gasteiger charge is 2.24. The van der Waals surface area contributed by atoms with Gasteiger partial charge in [0.05, 0.1) is 0 Å². The van der Waals surface area contributed by atoms with E-state index in [9.17, 15) is 0 Å². The third-order valence-electron chi connectivity index (χ3n) is 4.33. The van der Waals surface area contributed by atoms with Crippen molar-refractivity contribution < 1.29 is 0 Å². The number of piperidine rings is 2. The lowest BCUT2D eigenvalue weighted by Gasteiger charge is -2.37. The average Bonchev–Trinajstić information content (AvgIpc) is 2.25. The van der Waals surface area contributed by atoms with Gasteiger partial charge in [0.25, 0.3) is 0 Å². The molecule has 2 rings (SSSR count). The molecule has 15 heavy (non-hydrogen) atoms. The van der Waals surface area contributed by atoms with Crippen LogP contribution in [-0.4, -0.2) is 37.6 Å². The first-order valence-electron chi connectivity index (χ1n) is 6.69. The molecule has 2 heteroatoms. The third kappa shape index (κ3) is 3.18. The van der Waals surface area contributed by atoms with E-state index in [1.54, 1.807) is 0 Å². The van der Waals surface area contributed by atoms with Gasteiger partial charge in [0.2, 0.25) is 0 Å². The van der Waals surface area contributed by atoms with Crippen molar-refractivity contribution in [1.82, 2.24) is 10.2 Å². The van der Waals surface area contributed by atoms with Crippen LogP contribution in [-0.2, 0) is 0 Å². The fraction of sp³-hybridized carbons (Fsp3) is 1.00. The van der Waals surface area contributed by atoms with Crippen LogP contribution in [0.25, 0.3) is 0 Å². The SMILES string of the molecule is CC1CCN(C[C@H]2CCNC[C@H]2C)CC1. The lowest BCUT2D eigenvalue weighted by atomic mass is 9.86. The molecule has 2 heterocycles. The lowest BCUT2D eigenvalue weighted by molar-refractivity contribution is 0.131. The maximum atomic E-state index is 3.49. The number of hydrogen-bond acceptors (Lipinski definition) is 2. The van der Waals surface area contributed by atoms with Crippen molar-refractivity contribution in [2.75, 3.05) is 32.7 Å². The van der Waals surface area contributed by atoms with E-state index >= 15 is 0 Å². The first kappa shape index (κ1) is 11.4. The van der Waals surface area contributed by atoms with Crippen molar-refractivity contribution >= 4 is 0 Å². The zero-order chi connectivity index (χ0) is 10.7. The Kier molecular flexibility index (Phi) is 4.04. The van der Waals surface area contributed by atoms with E-state index in [4.69, 9.17) is 0 Å². The Labute approximate surface area is 94.4 Å². The van der Waals surface area contributed by atoms with Crippen LogP contribution in [0.2, 0.25) is 0 Å². The number of hydrogen-bond donors (Lipinski definition) is 1. The van der Waals surface area contributed by atoms with E-state index in [0.29, 0.717) is 0 Å². The van der Waals surface area contributed by atoms with Crippen molar-refractivity contribution in [2.24, 2.45) is 17.8 Å². The molecule has 2 saturated heterocycles. The monoisotopic (exact) mass is 210 g/mol. The van der Waals surface area contributed by atoms with Gasteiger partial charge in [-0.2, -0.15) is 0 Å². The quantitative estimate of drug-likeness (QED) is 0.749. The normalized spacial score (nSPS) is 35.6. The van der Waals surface area contributed by atoms with E-state index in [2.05, 4.69) is 24.1 Å². The predicted molar refractivity (Wildman–Crippen MR) is 65.0 cm³/mol. The van der Waals surface area contributed by atoms with Crippen molar-refractivity contribution in [3.05, 3.63) is 0 Å². The first-order valence-corrected chi connectivity index (χ1v) is 6.69. The molecule has 1 N–H and O–H groups in total. The second kappa shape index (κ2) is 5.31. The molecule has 2 nitrogen and oxygen atoms in total. The van der Waals surface area contributed by atoms with Crippen LogP contribution in [0.5, 0.6) is 0 Å². The van der Waals surface area contributed by atoms with Crippen LogP contribution < -0.4 is 5.32 Å². The van der Waals surface area contributed by atoms with E-state index < -0.39 is 0 Å². The van der Waals surface area contributed by atoms with Crippen LogP contribution in [0, 0.1) is 17.8 Å². The molecule has 0 aliphatic carbocycles. The topological polar surface area (TPSA) is 15.3 Å². The Morgan fingerprint density at radius 1 is 1.13 bits per heavy atom. The highest BCUT2D eigenvalue weighted by Crippen LogP contribution is 2.23. The second-order valence-electron chi connectivity index (χ2n) is 5.71. The third-order valence-corrected chi connectivity index (χ3v) is 4.33. The lowest BCUT2D eigenvalue weighted by Crippen LogP contribution is -2.43. The van der Waals surface area contributed by atoms with Gasteiger partial charge in [-0.25, -0.2) is 0 Å². The minimum absolute atomic E-state index is 0.873. The van der Waals surface area contributed by atoms with E-state index in [-0.39, 0.29) is 0 Å². The van der Waals surface area contributed by atoms with E-state index in [1.165, 1.54) is 52.0 Å². The summed E-state index contributed by atoms with van der Waals surface area (Å²) in [5, 5.41) is 3.49. The molecule has 0 aromatic rings. The van der Waals surface area contributed by atoms with Gasteiger partial charge in [0, 0.05) is 6.54 Å². The second-order valence-corrected chi connectivity index (χ2v) is 5.71. The Morgan fingerprint density at radius 3 is 2.53 bits per heavy atom. The van der Waals surface area contributed by atoms with Crippen LogP contribution in [0.15, 0.2) is 0 Å². The summed E-state index contributed by atoms with van der Waals surface area (Å²) in [6.45, 7) is 11.3. The molecule has 0 aromatic heterocycles. The number of nitrogens with zero attached hydrogens (tertiary/aromatic N) is 1. The minimum Gasteiger partial charge on any atom is -0.316 e. The summed E-state index contributed by atoms with van der Waals surface area (Å²) in [6.07, 6.45) is 4.21. The van der Waals surface area contributed by atoms with Crippen molar-refractivity contribution in [1.29, 1.82) is 0 Å². The molecule has 0 amide bonds. The molecule has 0 unspecified atom stereocenters. The molecule has 2 fully saturated rings. The van der Waals surface area contributed by atoms with Gasteiger partial charge in [0.15, 0.2) is 0 Å². The molecule has 2 atom stereocenters. The summed E-state index contributed by atoms with van der Waals surface area (Å²) >= 11 is 0. The largest absolute Gasteiger partial charge is 0.316 e. The number of likely N-dealkylation sites (tertiary alicyclic amines) is 1. The fourth-order valence-electron chi connectivity index (χ4n) is 2.92. The summed E-state index contributed by atoms with van der Waals surface area (Å²) < 4.78 is 0. The molecule has 0 saturated carbocycles. The van der Waals surface area contributed by atoms with Gasteiger partial charge in [-0.1, -0.05) is 13.8 Å². The molecular weight excluding hydrogens is 184 g/mol. The molecular formula is C13H26N2. The first-order chi connectivity index (χ1) is 7.25. The van der Waals surface area contributed by atoms with Gasteiger partial charge in [-0.05, 0) is 63.2 Å². The molecule has 0 radical (unpaired) electrons. The summed E-state index contributed by atoms with van der Waals surface area (Å²) in [7, 11) is 0. The van der Waals surface area contributed by atoms with E-state index in [0.717, 1.165) is 17.8 Å². The van der Waals surface area contributed by atoms with Gasteiger partial charge >= 0.3 is 0 Å². The summed E-state index contributed by atoms with van der Waals surface area (Å²) in [6, 6.07) is 0. The Balaban J connectivity index is 1.75. The summed E-state index contributed by atoms with van der Waals surface area (Å²) in [5.41, 5.74) is 0. The molecule has 88 valence electrons. The van der Waals surface area contributed by atoms with Crippen molar-refractivity contribution in [2.45, 2.75) is 33.1 Å². The zero-order valence-electron chi connectivity index (χ0n) is 10.3. The molecule has 2 aliphatic heterocycles.